The van der Waals surface area contributed by atoms with Gasteiger partial charge < -0.3 is 29.6 Å². The Morgan fingerprint density at radius 3 is 2.12 bits per heavy atom. The maximum absolute atomic E-state index is 12.2. The first-order valence-corrected chi connectivity index (χ1v) is 14.8. The number of hydrogen-bond donors (Lipinski definition) is 2. The molecule has 4 aliphatic rings. The molecule has 2 saturated carbocycles. The second kappa shape index (κ2) is 12.6. The third-order valence-electron chi connectivity index (χ3n) is 8.73. The molecular weight excluding hydrogens is 508 g/mol. The molecule has 214 valence electrons. The molecule has 0 radical (unpaired) electrons. The number of aryl methyl sites for hydroxylation is 2. The number of amides is 1. The highest BCUT2D eigenvalue weighted by Crippen LogP contribution is 2.39. The predicted molar refractivity (Wildman–Crippen MR) is 149 cm³/mol. The lowest BCUT2D eigenvalue weighted by atomic mass is 9.89. The number of carbonyl (C=O) groups excluding carboxylic acids is 2. The van der Waals surface area contributed by atoms with Crippen LogP contribution < -0.4 is 20.1 Å². The Hall–Kier alpha value is -3.10. The molecule has 6 atom stereocenters. The smallest absolute Gasteiger partial charge is 0.344 e. The number of rotatable bonds is 13. The maximum atomic E-state index is 12.2. The van der Waals surface area contributed by atoms with E-state index in [-0.39, 0.29) is 25.1 Å². The predicted octanol–water partition coefficient (Wildman–Crippen LogP) is 3.60. The summed E-state index contributed by atoms with van der Waals surface area (Å²) in [7, 11) is 0. The molecule has 4 fully saturated rings. The fourth-order valence-electron chi connectivity index (χ4n) is 6.10. The van der Waals surface area contributed by atoms with E-state index in [0.29, 0.717) is 48.2 Å². The molecule has 2 saturated heterocycles. The first-order valence-electron chi connectivity index (χ1n) is 14.8. The Balaban J connectivity index is 0.842. The van der Waals surface area contributed by atoms with Gasteiger partial charge in [0, 0.05) is 18.6 Å². The van der Waals surface area contributed by atoms with Crippen molar-refractivity contribution in [2.75, 3.05) is 26.4 Å². The molecule has 8 heteroatoms. The standard InChI is InChI=1S/C32H40N2O6/c35-31(33-17-23-7-13-27-28(15-23)34-27)19-37-25-9-3-21(4-10-25)1-2-22-5-11-26(12-6-22)38-20-32(36)39-18-24-8-14-29-30(16-24)40-29/h3-6,9-12,23-24,27-30,34H,1-2,7-8,13-20H2,(H,33,35). The topological polar surface area (TPSA) is 108 Å². The molecule has 0 spiro atoms. The number of ether oxygens (including phenoxy) is 4. The van der Waals surface area contributed by atoms with Gasteiger partial charge in [-0.15, -0.1) is 0 Å². The molecule has 2 aromatic carbocycles. The molecule has 2 aliphatic heterocycles. The van der Waals surface area contributed by atoms with Gasteiger partial charge in [0.1, 0.15) is 11.5 Å². The molecule has 2 aliphatic carbocycles. The van der Waals surface area contributed by atoms with E-state index >= 15 is 0 Å². The lowest BCUT2D eigenvalue weighted by Crippen LogP contribution is -2.34. The van der Waals surface area contributed by atoms with Crippen molar-refractivity contribution in [3.05, 3.63) is 59.7 Å². The lowest BCUT2D eigenvalue weighted by Gasteiger charge is -2.20. The number of epoxide rings is 1. The van der Waals surface area contributed by atoms with Crippen LogP contribution in [0.2, 0.25) is 0 Å². The number of hydrogen-bond acceptors (Lipinski definition) is 7. The highest BCUT2D eigenvalue weighted by molar-refractivity contribution is 5.77. The van der Waals surface area contributed by atoms with Gasteiger partial charge in [-0.2, -0.15) is 0 Å². The van der Waals surface area contributed by atoms with E-state index in [0.717, 1.165) is 44.7 Å². The van der Waals surface area contributed by atoms with Crippen LogP contribution in [0.15, 0.2) is 48.5 Å². The number of carbonyl (C=O) groups is 2. The van der Waals surface area contributed by atoms with Crippen molar-refractivity contribution >= 4 is 11.9 Å². The number of nitrogens with one attached hydrogen (secondary N) is 2. The second-order valence-corrected chi connectivity index (χ2v) is 11.8. The van der Waals surface area contributed by atoms with Crippen molar-refractivity contribution in [2.45, 2.75) is 75.7 Å². The van der Waals surface area contributed by atoms with E-state index in [4.69, 9.17) is 18.9 Å². The van der Waals surface area contributed by atoms with Gasteiger partial charge in [0.2, 0.25) is 0 Å². The SMILES string of the molecule is O=C(COc1ccc(CCc2ccc(OCC(=O)OCC3CCC4OC4C3)cc2)cc1)NCC1CCC2NC2C1. The minimum atomic E-state index is -0.329. The third-order valence-corrected chi connectivity index (χ3v) is 8.73. The fourth-order valence-corrected chi connectivity index (χ4v) is 6.10. The van der Waals surface area contributed by atoms with Crippen molar-refractivity contribution < 1.29 is 28.5 Å². The van der Waals surface area contributed by atoms with Gasteiger partial charge in [0.15, 0.2) is 13.2 Å². The molecule has 40 heavy (non-hydrogen) atoms. The van der Waals surface area contributed by atoms with Gasteiger partial charge in [-0.3, -0.25) is 4.79 Å². The summed E-state index contributed by atoms with van der Waals surface area (Å²) in [6.07, 6.45) is 9.34. The Morgan fingerprint density at radius 2 is 1.45 bits per heavy atom. The van der Waals surface area contributed by atoms with Crippen LogP contribution in [-0.4, -0.2) is 62.5 Å². The summed E-state index contributed by atoms with van der Waals surface area (Å²) in [6, 6.07) is 17.2. The summed E-state index contributed by atoms with van der Waals surface area (Å²) in [5.41, 5.74) is 2.39. The van der Waals surface area contributed by atoms with Crippen LogP contribution in [-0.2, 0) is 31.9 Å². The Labute approximate surface area is 236 Å². The van der Waals surface area contributed by atoms with Crippen LogP contribution in [0.25, 0.3) is 0 Å². The Bertz CT molecular complexity index is 1060. The number of benzene rings is 2. The minimum absolute atomic E-state index is 0.0409. The molecule has 6 rings (SSSR count). The van der Waals surface area contributed by atoms with Gasteiger partial charge in [0.25, 0.3) is 5.91 Å². The van der Waals surface area contributed by atoms with Gasteiger partial charge in [-0.1, -0.05) is 24.3 Å². The van der Waals surface area contributed by atoms with Gasteiger partial charge >= 0.3 is 5.97 Å². The van der Waals surface area contributed by atoms with Gasteiger partial charge in [-0.25, -0.2) is 4.79 Å². The van der Waals surface area contributed by atoms with E-state index in [9.17, 15) is 9.59 Å². The summed E-state index contributed by atoms with van der Waals surface area (Å²) >= 11 is 0. The Morgan fingerprint density at radius 1 is 0.775 bits per heavy atom. The third kappa shape index (κ3) is 7.76. The van der Waals surface area contributed by atoms with Gasteiger partial charge in [0.05, 0.1) is 18.8 Å². The average molecular weight is 549 g/mol. The highest BCUT2D eigenvalue weighted by Gasteiger charge is 2.44. The van der Waals surface area contributed by atoms with E-state index in [1.807, 2.05) is 48.5 Å². The molecule has 0 aromatic heterocycles. The lowest BCUT2D eigenvalue weighted by molar-refractivity contribution is -0.147. The first kappa shape index (κ1) is 27.1. The van der Waals surface area contributed by atoms with Crippen LogP contribution >= 0.6 is 0 Å². The van der Waals surface area contributed by atoms with Crippen LogP contribution in [0, 0.1) is 11.8 Å². The number of fused-ring (bicyclic) bond motifs is 2. The fraction of sp³-hybridized carbons (Fsp3) is 0.562. The largest absolute Gasteiger partial charge is 0.484 e. The summed E-state index contributed by atoms with van der Waals surface area (Å²) in [5.74, 6) is 1.94. The normalized spacial score (nSPS) is 28.0. The van der Waals surface area contributed by atoms with Crippen molar-refractivity contribution in [3.63, 3.8) is 0 Å². The van der Waals surface area contributed by atoms with Crippen molar-refractivity contribution in [1.82, 2.24) is 10.6 Å². The second-order valence-electron chi connectivity index (χ2n) is 11.8. The molecular formula is C32H40N2O6. The van der Waals surface area contributed by atoms with E-state index in [1.165, 1.54) is 30.4 Å². The molecule has 2 heterocycles. The maximum Gasteiger partial charge on any atom is 0.344 e. The summed E-state index contributed by atoms with van der Waals surface area (Å²) in [4.78, 5) is 24.3. The average Bonchev–Trinajstić information content (AvgIpc) is 3.91. The van der Waals surface area contributed by atoms with Crippen molar-refractivity contribution in [3.8, 4) is 11.5 Å². The molecule has 2 N–H and O–H groups in total. The molecule has 0 bridgehead atoms. The van der Waals surface area contributed by atoms with Crippen LogP contribution in [0.1, 0.15) is 49.7 Å². The van der Waals surface area contributed by atoms with Crippen LogP contribution in [0.3, 0.4) is 0 Å². The summed E-state index contributed by atoms with van der Waals surface area (Å²) < 4.78 is 22.2. The first-order chi connectivity index (χ1) is 19.6. The van der Waals surface area contributed by atoms with Crippen molar-refractivity contribution in [2.24, 2.45) is 11.8 Å². The number of esters is 1. The molecule has 8 nitrogen and oxygen atoms in total. The monoisotopic (exact) mass is 548 g/mol. The molecule has 6 unspecified atom stereocenters. The minimum Gasteiger partial charge on any atom is -0.484 e. The summed E-state index contributed by atoms with van der Waals surface area (Å²) in [5, 5.41) is 6.50. The zero-order chi connectivity index (χ0) is 27.3. The van der Waals surface area contributed by atoms with Crippen molar-refractivity contribution in [1.29, 1.82) is 0 Å². The zero-order valence-electron chi connectivity index (χ0n) is 23.0. The van der Waals surface area contributed by atoms with Crippen LogP contribution in [0.5, 0.6) is 11.5 Å². The van der Waals surface area contributed by atoms with Crippen LogP contribution in [0.4, 0.5) is 0 Å². The highest BCUT2D eigenvalue weighted by atomic mass is 16.6. The van der Waals surface area contributed by atoms with E-state index in [1.54, 1.807) is 0 Å². The zero-order valence-corrected chi connectivity index (χ0v) is 23.0. The Kier molecular flexibility index (Phi) is 8.54. The molecule has 1 amide bonds. The van der Waals surface area contributed by atoms with E-state index in [2.05, 4.69) is 10.6 Å². The van der Waals surface area contributed by atoms with E-state index < -0.39 is 0 Å². The quantitative estimate of drug-likeness (QED) is 0.291. The summed E-state index contributed by atoms with van der Waals surface area (Å²) in [6.45, 7) is 1.15. The molecule has 2 aromatic rings. The van der Waals surface area contributed by atoms with Gasteiger partial charge in [-0.05, 0) is 98.6 Å².